The fourth-order valence-electron chi connectivity index (χ4n) is 2.68. The smallest absolute Gasteiger partial charge is 0.335 e. The molecule has 0 atom stereocenters. The van der Waals surface area contributed by atoms with Gasteiger partial charge in [-0.2, -0.15) is 0 Å². The van der Waals surface area contributed by atoms with Gasteiger partial charge in [0.1, 0.15) is 0 Å². The minimum atomic E-state index is -0.876. The van der Waals surface area contributed by atoms with Crippen molar-refractivity contribution in [3.05, 3.63) is 47.0 Å². The normalized spacial score (nSPS) is 15.2. The van der Waals surface area contributed by atoms with Crippen LogP contribution in [0, 0.1) is 5.41 Å². The van der Waals surface area contributed by atoms with Crippen molar-refractivity contribution in [3.63, 3.8) is 0 Å². The van der Waals surface area contributed by atoms with Crippen molar-refractivity contribution in [2.24, 2.45) is 5.41 Å². The van der Waals surface area contributed by atoms with Crippen LogP contribution >= 0.6 is 0 Å². The Morgan fingerprint density at radius 2 is 2.00 bits per heavy atom. The summed E-state index contributed by atoms with van der Waals surface area (Å²) in [5, 5.41) is 12.3. The van der Waals surface area contributed by atoms with Crippen molar-refractivity contribution in [1.82, 2.24) is 5.32 Å². The molecule has 3 nitrogen and oxygen atoms in total. The molecule has 108 valence electrons. The highest BCUT2D eigenvalue weighted by Gasteiger charge is 2.24. The summed E-state index contributed by atoms with van der Waals surface area (Å²) < 4.78 is 0. The Labute approximate surface area is 120 Å². The summed E-state index contributed by atoms with van der Waals surface area (Å²) in [6.07, 6.45) is 6.11. The van der Waals surface area contributed by atoms with Gasteiger partial charge >= 0.3 is 5.97 Å². The van der Waals surface area contributed by atoms with Crippen LogP contribution in [0.1, 0.15) is 49.0 Å². The van der Waals surface area contributed by atoms with E-state index in [1.165, 1.54) is 19.3 Å². The zero-order valence-electron chi connectivity index (χ0n) is 12.3. The van der Waals surface area contributed by atoms with E-state index in [1.807, 2.05) is 12.1 Å². The van der Waals surface area contributed by atoms with E-state index in [0.29, 0.717) is 5.56 Å². The van der Waals surface area contributed by atoms with Crippen LogP contribution in [-0.2, 0) is 6.54 Å². The number of benzene rings is 1. The van der Waals surface area contributed by atoms with Crippen LogP contribution in [0.3, 0.4) is 0 Å². The minimum absolute atomic E-state index is 0.206. The first kappa shape index (κ1) is 14.8. The topological polar surface area (TPSA) is 49.3 Å². The third-order valence-electron chi connectivity index (χ3n) is 4.01. The van der Waals surface area contributed by atoms with Gasteiger partial charge < -0.3 is 10.4 Å². The molecule has 0 radical (unpaired) electrons. The van der Waals surface area contributed by atoms with Gasteiger partial charge in [-0.3, -0.25) is 0 Å². The number of rotatable bonds is 6. The van der Waals surface area contributed by atoms with Crippen molar-refractivity contribution in [1.29, 1.82) is 0 Å². The Hall–Kier alpha value is -1.61. The van der Waals surface area contributed by atoms with E-state index in [9.17, 15) is 4.79 Å². The molecule has 0 spiro atoms. The van der Waals surface area contributed by atoms with Gasteiger partial charge in [0, 0.05) is 13.1 Å². The molecule has 0 aliphatic heterocycles. The highest BCUT2D eigenvalue weighted by molar-refractivity contribution is 5.87. The van der Waals surface area contributed by atoms with Gasteiger partial charge in [-0.25, -0.2) is 4.79 Å². The Kier molecular flexibility index (Phi) is 4.61. The van der Waals surface area contributed by atoms with Crippen LogP contribution in [-0.4, -0.2) is 17.6 Å². The van der Waals surface area contributed by atoms with Crippen molar-refractivity contribution in [3.8, 4) is 0 Å². The predicted octanol–water partition coefficient (Wildman–Crippen LogP) is 3.61. The lowest BCUT2D eigenvalue weighted by Gasteiger charge is -2.27. The van der Waals surface area contributed by atoms with Crippen LogP contribution < -0.4 is 5.32 Å². The Balaban J connectivity index is 1.84. The molecule has 20 heavy (non-hydrogen) atoms. The van der Waals surface area contributed by atoms with Gasteiger partial charge in [-0.1, -0.05) is 37.6 Å². The van der Waals surface area contributed by atoms with Gasteiger partial charge in [-0.05, 0) is 42.4 Å². The summed E-state index contributed by atoms with van der Waals surface area (Å²) in [5.41, 5.74) is 3.22. The zero-order chi connectivity index (χ0) is 14.6. The lowest BCUT2D eigenvalue weighted by Crippen LogP contribution is -2.30. The number of hydrogen-bond donors (Lipinski definition) is 2. The first-order chi connectivity index (χ1) is 9.49. The molecule has 3 heteroatoms. The van der Waals surface area contributed by atoms with Gasteiger partial charge in [0.05, 0.1) is 5.56 Å². The average molecular weight is 273 g/mol. The molecule has 0 heterocycles. The molecule has 1 aliphatic carbocycles. The maximum absolute atomic E-state index is 10.8. The van der Waals surface area contributed by atoms with E-state index in [0.717, 1.165) is 18.7 Å². The molecular weight excluding hydrogens is 250 g/mol. The first-order valence-corrected chi connectivity index (χ1v) is 7.21. The first-order valence-electron chi connectivity index (χ1n) is 7.21. The van der Waals surface area contributed by atoms with E-state index >= 15 is 0 Å². The Morgan fingerprint density at radius 3 is 2.55 bits per heavy atom. The van der Waals surface area contributed by atoms with Crippen LogP contribution in [0.4, 0.5) is 0 Å². The second kappa shape index (κ2) is 6.23. The highest BCUT2D eigenvalue weighted by Crippen LogP contribution is 2.34. The number of carboxylic acid groups (broad SMARTS) is 1. The third kappa shape index (κ3) is 3.70. The number of allylic oxidation sites excluding steroid dienone is 1. The van der Waals surface area contributed by atoms with Crippen molar-refractivity contribution in [2.75, 3.05) is 6.54 Å². The Morgan fingerprint density at radius 1 is 1.30 bits per heavy atom. The van der Waals surface area contributed by atoms with E-state index in [2.05, 4.69) is 25.2 Å². The summed E-state index contributed by atoms with van der Waals surface area (Å²) in [5.74, 6) is -0.876. The molecule has 0 bridgehead atoms. The third-order valence-corrected chi connectivity index (χ3v) is 4.01. The number of carboxylic acids is 1. The molecule has 2 rings (SSSR count). The molecule has 0 amide bonds. The summed E-state index contributed by atoms with van der Waals surface area (Å²) in [4.78, 5) is 10.8. The monoisotopic (exact) mass is 273 g/mol. The molecule has 0 unspecified atom stereocenters. The molecule has 1 aliphatic rings. The van der Waals surface area contributed by atoms with Crippen LogP contribution in [0.5, 0.6) is 0 Å². The second-order valence-corrected chi connectivity index (χ2v) is 6.11. The quantitative estimate of drug-likeness (QED) is 0.778. The molecule has 0 fully saturated rings. The van der Waals surface area contributed by atoms with E-state index < -0.39 is 5.97 Å². The molecule has 1 aromatic rings. The zero-order valence-corrected chi connectivity index (χ0v) is 12.3. The summed E-state index contributed by atoms with van der Waals surface area (Å²) >= 11 is 0. The summed E-state index contributed by atoms with van der Waals surface area (Å²) in [7, 11) is 0. The van der Waals surface area contributed by atoms with E-state index in [1.54, 1.807) is 17.7 Å². The van der Waals surface area contributed by atoms with Gasteiger partial charge in [0.25, 0.3) is 0 Å². The fourth-order valence-corrected chi connectivity index (χ4v) is 2.68. The SMILES string of the molecule is CC(C)(CNCc1ccc(C(=O)O)cc1)C1=CCCC1. The van der Waals surface area contributed by atoms with Gasteiger partial charge in [-0.15, -0.1) is 0 Å². The van der Waals surface area contributed by atoms with Gasteiger partial charge in [0.15, 0.2) is 0 Å². The highest BCUT2D eigenvalue weighted by atomic mass is 16.4. The van der Waals surface area contributed by atoms with Crippen molar-refractivity contribution in [2.45, 2.75) is 39.7 Å². The van der Waals surface area contributed by atoms with Gasteiger partial charge in [0.2, 0.25) is 0 Å². The molecule has 0 aromatic heterocycles. The minimum Gasteiger partial charge on any atom is -0.478 e. The Bertz CT molecular complexity index is 500. The molecule has 0 saturated carbocycles. The van der Waals surface area contributed by atoms with Crippen molar-refractivity contribution < 1.29 is 9.90 Å². The fraction of sp³-hybridized carbons (Fsp3) is 0.471. The molecular formula is C17H23NO2. The number of carbonyl (C=O) groups is 1. The van der Waals surface area contributed by atoms with Crippen molar-refractivity contribution >= 4 is 5.97 Å². The summed E-state index contributed by atoms with van der Waals surface area (Å²) in [6, 6.07) is 7.06. The van der Waals surface area contributed by atoms with Crippen LogP contribution in [0.25, 0.3) is 0 Å². The molecule has 0 saturated heterocycles. The van der Waals surface area contributed by atoms with E-state index in [-0.39, 0.29) is 5.41 Å². The number of hydrogen-bond acceptors (Lipinski definition) is 2. The average Bonchev–Trinajstić information content (AvgIpc) is 2.94. The molecule has 1 aromatic carbocycles. The van der Waals surface area contributed by atoms with E-state index in [4.69, 9.17) is 5.11 Å². The lowest BCUT2D eigenvalue weighted by atomic mass is 9.83. The molecule has 2 N–H and O–H groups in total. The maximum atomic E-state index is 10.8. The predicted molar refractivity (Wildman–Crippen MR) is 80.8 cm³/mol. The number of aromatic carboxylic acids is 1. The number of nitrogens with one attached hydrogen (secondary N) is 1. The second-order valence-electron chi connectivity index (χ2n) is 6.11. The van der Waals surface area contributed by atoms with Crippen LogP contribution in [0.15, 0.2) is 35.9 Å². The lowest BCUT2D eigenvalue weighted by molar-refractivity contribution is 0.0697. The summed E-state index contributed by atoms with van der Waals surface area (Å²) in [6.45, 7) is 6.28. The maximum Gasteiger partial charge on any atom is 0.335 e. The van der Waals surface area contributed by atoms with Crippen LogP contribution in [0.2, 0.25) is 0 Å². The largest absolute Gasteiger partial charge is 0.478 e. The standard InChI is InChI=1S/C17H23NO2/c1-17(2,15-5-3-4-6-15)12-18-11-13-7-9-14(10-8-13)16(19)20/h5,7-10,18H,3-4,6,11-12H2,1-2H3,(H,19,20).